The first-order valence-corrected chi connectivity index (χ1v) is 5.96. The molecule has 0 amide bonds. The van der Waals surface area contributed by atoms with E-state index in [-0.39, 0.29) is 0 Å². The number of hydrogen-bond donors (Lipinski definition) is 0. The molecule has 17 heavy (non-hydrogen) atoms. The molecule has 0 aromatic heterocycles. The molecule has 0 bridgehead atoms. The van der Waals surface area contributed by atoms with Crippen LogP contribution < -0.4 is 9.47 Å². The second kappa shape index (κ2) is 6.15. The fraction of sp³-hybridized carbons (Fsp3) is 0.273. The quantitative estimate of drug-likeness (QED) is 0.460. The number of nitrogens with zero attached hydrogens (tertiary/aromatic N) is 1. The molecule has 1 aromatic carbocycles. The van der Waals surface area contributed by atoms with Crippen LogP contribution in [-0.2, 0) is 0 Å². The molecule has 0 aliphatic heterocycles. The molecule has 0 atom stereocenters. The highest BCUT2D eigenvalue weighted by atomic mass is 32.2. The molecule has 0 aliphatic rings. The zero-order valence-corrected chi connectivity index (χ0v) is 10.6. The Balaban J connectivity index is 3.22. The summed E-state index contributed by atoms with van der Waals surface area (Å²) in [6.07, 6.45) is 4.21. The zero-order valence-electron chi connectivity index (χ0n) is 9.80. The third-order valence-corrected chi connectivity index (χ3v) is 2.82. The van der Waals surface area contributed by atoms with Crippen molar-refractivity contribution in [3.8, 4) is 11.5 Å². The summed E-state index contributed by atoms with van der Waals surface area (Å²) in [5, 5.41) is 10.3. The maximum atomic E-state index is 10.3. The average molecular weight is 255 g/mol. The van der Waals surface area contributed by atoms with Crippen molar-refractivity contribution < 1.29 is 14.4 Å². The summed E-state index contributed by atoms with van der Waals surface area (Å²) < 4.78 is 10.4. The summed E-state index contributed by atoms with van der Waals surface area (Å²) in [6.45, 7) is 0. The predicted octanol–water partition coefficient (Wildman–Crippen LogP) is 2.67. The van der Waals surface area contributed by atoms with Crippen LogP contribution in [0.4, 0.5) is 0 Å². The Labute approximate surface area is 104 Å². The minimum absolute atomic E-state index is 0.504. The molecular weight excluding hydrogens is 242 g/mol. The highest BCUT2D eigenvalue weighted by molar-refractivity contribution is 7.98. The molecule has 0 N–H and O–H groups in total. The number of benzene rings is 1. The molecule has 92 valence electrons. The summed E-state index contributed by atoms with van der Waals surface area (Å²) in [7, 11) is 3.09. The highest BCUT2D eigenvalue weighted by Crippen LogP contribution is 2.38. The van der Waals surface area contributed by atoms with Gasteiger partial charge in [0, 0.05) is 6.08 Å². The van der Waals surface area contributed by atoms with Crippen molar-refractivity contribution in [3.63, 3.8) is 0 Å². The maximum Gasteiger partial charge on any atom is 0.235 e. The number of hydrogen-bond acceptors (Lipinski definition) is 5. The van der Waals surface area contributed by atoms with Crippen molar-refractivity contribution >= 4 is 17.8 Å². The molecule has 0 saturated carbocycles. The Morgan fingerprint density at radius 2 is 2.06 bits per heavy atom. The predicted molar refractivity (Wildman–Crippen MR) is 67.4 cm³/mol. The van der Waals surface area contributed by atoms with Crippen molar-refractivity contribution in [1.29, 1.82) is 0 Å². The lowest BCUT2D eigenvalue weighted by molar-refractivity contribution is -0.400. The SMILES string of the molecule is COc1cc(/C=C/[N+](=O)[O-])cc(SC)c1OC. The van der Waals surface area contributed by atoms with Gasteiger partial charge in [-0.25, -0.2) is 0 Å². The molecule has 0 aliphatic carbocycles. The second-order valence-electron chi connectivity index (χ2n) is 3.06. The third kappa shape index (κ3) is 3.39. The standard InChI is InChI=1S/C11H13NO4S/c1-15-9-6-8(4-5-12(13)14)7-10(17-3)11(9)16-2/h4-7H,1-3H3/b5-4+. The molecule has 5 nitrogen and oxygen atoms in total. The minimum Gasteiger partial charge on any atom is -0.493 e. The van der Waals surface area contributed by atoms with Crippen LogP contribution >= 0.6 is 11.8 Å². The normalized spacial score (nSPS) is 10.5. The lowest BCUT2D eigenvalue weighted by Crippen LogP contribution is -1.93. The Morgan fingerprint density at radius 1 is 1.35 bits per heavy atom. The van der Waals surface area contributed by atoms with E-state index in [0.717, 1.165) is 11.1 Å². The van der Waals surface area contributed by atoms with E-state index in [9.17, 15) is 10.1 Å². The summed E-state index contributed by atoms with van der Waals surface area (Å²) >= 11 is 1.49. The van der Waals surface area contributed by atoms with Crippen LogP contribution in [0.5, 0.6) is 11.5 Å². The van der Waals surface area contributed by atoms with Crippen molar-refractivity contribution in [2.45, 2.75) is 4.90 Å². The Hall–Kier alpha value is -1.69. The molecule has 0 heterocycles. The van der Waals surface area contributed by atoms with Gasteiger partial charge in [-0.3, -0.25) is 10.1 Å². The lowest BCUT2D eigenvalue weighted by Gasteiger charge is -2.12. The van der Waals surface area contributed by atoms with Crippen LogP contribution in [0.25, 0.3) is 6.08 Å². The van der Waals surface area contributed by atoms with E-state index in [2.05, 4.69) is 0 Å². The first kappa shape index (κ1) is 13.4. The van der Waals surface area contributed by atoms with Crippen molar-refractivity contribution in [2.24, 2.45) is 0 Å². The van der Waals surface area contributed by atoms with Gasteiger partial charge in [-0.15, -0.1) is 11.8 Å². The molecule has 0 unspecified atom stereocenters. The van der Waals surface area contributed by atoms with E-state index in [0.29, 0.717) is 17.1 Å². The first-order chi connectivity index (χ1) is 8.12. The number of ether oxygens (including phenoxy) is 2. The first-order valence-electron chi connectivity index (χ1n) is 4.74. The van der Waals surface area contributed by atoms with Crippen molar-refractivity contribution in [2.75, 3.05) is 20.5 Å². The van der Waals surface area contributed by atoms with Gasteiger partial charge in [0.25, 0.3) is 0 Å². The average Bonchev–Trinajstić information content (AvgIpc) is 2.34. The molecule has 0 fully saturated rings. The van der Waals surface area contributed by atoms with Crippen LogP contribution in [0.2, 0.25) is 0 Å². The van der Waals surface area contributed by atoms with Gasteiger partial charge in [0.2, 0.25) is 6.20 Å². The molecule has 6 heteroatoms. The van der Waals surface area contributed by atoms with E-state index >= 15 is 0 Å². The lowest BCUT2D eigenvalue weighted by atomic mass is 10.2. The molecule has 0 saturated heterocycles. The van der Waals surface area contributed by atoms with Crippen LogP contribution in [0.1, 0.15) is 5.56 Å². The summed E-state index contributed by atoms with van der Waals surface area (Å²) in [6, 6.07) is 3.50. The molecular formula is C11H13NO4S. The van der Waals surface area contributed by atoms with Crippen LogP contribution in [0, 0.1) is 10.1 Å². The van der Waals surface area contributed by atoms with Crippen molar-refractivity contribution in [3.05, 3.63) is 34.0 Å². The van der Waals surface area contributed by atoms with E-state index in [1.807, 2.05) is 12.3 Å². The van der Waals surface area contributed by atoms with Gasteiger partial charge in [0.15, 0.2) is 11.5 Å². The van der Waals surface area contributed by atoms with Crippen LogP contribution in [0.15, 0.2) is 23.2 Å². The Bertz CT molecular complexity index is 420. The molecule has 0 radical (unpaired) electrons. The summed E-state index contributed by atoms with van der Waals surface area (Å²) in [4.78, 5) is 10.6. The smallest absolute Gasteiger partial charge is 0.235 e. The van der Waals surface area contributed by atoms with E-state index in [1.165, 1.54) is 24.9 Å². The van der Waals surface area contributed by atoms with E-state index in [4.69, 9.17) is 9.47 Å². The monoisotopic (exact) mass is 255 g/mol. The molecule has 1 rings (SSSR count). The Kier molecular flexibility index (Phi) is 4.84. The van der Waals surface area contributed by atoms with E-state index < -0.39 is 4.92 Å². The molecule has 1 aromatic rings. The van der Waals surface area contributed by atoms with Gasteiger partial charge in [0.1, 0.15) is 0 Å². The number of nitro groups is 1. The van der Waals surface area contributed by atoms with Gasteiger partial charge in [-0.05, 0) is 24.0 Å². The van der Waals surface area contributed by atoms with Gasteiger partial charge in [-0.2, -0.15) is 0 Å². The summed E-state index contributed by atoms with van der Waals surface area (Å²) in [5.74, 6) is 1.20. The number of rotatable bonds is 5. The third-order valence-electron chi connectivity index (χ3n) is 2.08. The fourth-order valence-electron chi connectivity index (χ4n) is 1.34. The number of methoxy groups -OCH3 is 2. The van der Waals surface area contributed by atoms with Gasteiger partial charge in [-0.1, -0.05) is 0 Å². The highest BCUT2D eigenvalue weighted by Gasteiger charge is 2.11. The summed E-state index contributed by atoms with van der Waals surface area (Å²) in [5.41, 5.74) is 0.698. The second-order valence-corrected chi connectivity index (χ2v) is 3.91. The van der Waals surface area contributed by atoms with Crippen molar-refractivity contribution in [1.82, 2.24) is 0 Å². The maximum absolute atomic E-state index is 10.3. The largest absolute Gasteiger partial charge is 0.493 e. The molecule has 0 spiro atoms. The van der Waals surface area contributed by atoms with Gasteiger partial charge in [0.05, 0.1) is 24.0 Å². The zero-order chi connectivity index (χ0) is 12.8. The topological polar surface area (TPSA) is 61.6 Å². The minimum atomic E-state index is -0.504. The van der Waals surface area contributed by atoms with Crippen LogP contribution in [-0.4, -0.2) is 25.4 Å². The van der Waals surface area contributed by atoms with Gasteiger partial charge < -0.3 is 9.47 Å². The van der Waals surface area contributed by atoms with Gasteiger partial charge >= 0.3 is 0 Å². The van der Waals surface area contributed by atoms with Crippen LogP contribution in [0.3, 0.4) is 0 Å². The fourth-order valence-corrected chi connectivity index (χ4v) is 1.97. The Morgan fingerprint density at radius 3 is 2.53 bits per heavy atom. The number of thioether (sulfide) groups is 1. The van der Waals surface area contributed by atoms with E-state index in [1.54, 1.807) is 13.2 Å².